The number of para-hydroxylation sites is 3. The van der Waals surface area contributed by atoms with E-state index in [9.17, 15) is 0 Å². The van der Waals surface area contributed by atoms with Crippen LogP contribution in [0.25, 0.3) is 11.1 Å². The number of hydrogen-bond donors (Lipinski definition) is 0. The van der Waals surface area contributed by atoms with Crippen molar-refractivity contribution in [2.75, 3.05) is 0 Å². The average molecular weight is 337 g/mol. The Kier molecular flexibility index (Phi) is 2.72. The lowest BCUT2D eigenvalue weighted by Crippen LogP contribution is -1.86. The van der Waals surface area contributed by atoms with Crippen molar-refractivity contribution in [1.29, 1.82) is 0 Å². The second kappa shape index (κ2) is 4.37. The molecule has 3 aromatic rings. The molecule has 0 atom stereocenters. The average Bonchev–Trinajstić information content (AvgIpc) is 2.74. The van der Waals surface area contributed by atoms with Crippen molar-refractivity contribution in [2.45, 2.75) is 0 Å². The lowest BCUT2D eigenvalue weighted by atomic mass is 10.3. The van der Waals surface area contributed by atoms with Crippen molar-refractivity contribution in [1.82, 2.24) is 4.98 Å². The molecule has 0 spiro atoms. The Balaban J connectivity index is 1.98. The van der Waals surface area contributed by atoms with E-state index in [1.165, 1.54) is 0 Å². The summed E-state index contributed by atoms with van der Waals surface area (Å²) in [5, 5.41) is 0. The first-order valence-electron chi connectivity index (χ1n) is 5.11. The molecule has 84 valence electrons. The quantitative estimate of drug-likeness (QED) is 0.657. The normalized spacial score (nSPS) is 10.6. The number of halogens is 1. The maximum atomic E-state index is 5.61. The minimum atomic E-state index is 0.273. The summed E-state index contributed by atoms with van der Waals surface area (Å²) in [4.78, 5) is 4.26. The summed E-state index contributed by atoms with van der Waals surface area (Å²) >= 11 is 2.21. The third-order valence-corrected chi connectivity index (χ3v) is 3.20. The summed E-state index contributed by atoms with van der Waals surface area (Å²) in [5.41, 5.74) is 1.53. The molecule has 0 unspecified atom stereocenters. The lowest BCUT2D eigenvalue weighted by molar-refractivity contribution is 0.341. The fourth-order valence-corrected chi connectivity index (χ4v) is 2.01. The van der Waals surface area contributed by atoms with Crippen molar-refractivity contribution >= 4 is 33.7 Å². The molecular formula is C13H8INO2. The van der Waals surface area contributed by atoms with Crippen molar-refractivity contribution < 1.29 is 9.15 Å². The van der Waals surface area contributed by atoms with Crippen LogP contribution in [0.2, 0.25) is 0 Å². The number of oxazole rings is 1. The summed E-state index contributed by atoms with van der Waals surface area (Å²) in [6.45, 7) is 0. The fraction of sp³-hybridized carbons (Fsp3) is 0. The Labute approximate surface area is 112 Å². The molecule has 3 rings (SSSR count). The van der Waals surface area contributed by atoms with Crippen LogP contribution < -0.4 is 4.74 Å². The van der Waals surface area contributed by atoms with Crippen molar-refractivity contribution in [3.63, 3.8) is 0 Å². The molecule has 0 aliphatic rings. The number of fused-ring (bicyclic) bond motifs is 1. The Bertz CT molecular complexity index is 630. The van der Waals surface area contributed by atoms with Crippen LogP contribution >= 0.6 is 22.6 Å². The molecule has 0 aliphatic carbocycles. The Morgan fingerprint density at radius 2 is 1.76 bits per heavy atom. The van der Waals surface area contributed by atoms with Gasteiger partial charge in [-0.1, -0.05) is 24.3 Å². The third kappa shape index (κ3) is 2.12. The standard InChI is InChI=1S/C13H8INO2/c14-9-5-1-3-7-11(9)16-13-15-10-6-2-4-8-12(10)17-13/h1-8H. The van der Waals surface area contributed by atoms with E-state index in [1.54, 1.807) is 0 Å². The van der Waals surface area contributed by atoms with Gasteiger partial charge in [-0.05, 0) is 46.9 Å². The van der Waals surface area contributed by atoms with Crippen LogP contribution in [0.15, 0.2) is 52.9 Å². The van der Waals surface area contributed by atoms with Gasteiger partial charge >= 0.3 is 6.08 Å². The van der Waals surface area contributed by atoms with Gasteiger partial charge in [0.15, 0.2) is 5.58 Å². The topological polar surface area (TPSA) is 35.3 Å². The van der Waals surface area contributed by atoms with E-state index in [1.807, 2.05) is 48.5 Å². The van der Waals surface area contributed by atoms with Gasteiger partial charge in [-0.25, -0.2) is 0 Å². The number of benzene rings is 2. The molecule has 3 nitrogen and oxygen atoms in total. The molecule has 0 amide bonds. The van der Waals surface area contributed by atoms with Gasteiger partial charge < -0.3 is 9.15 Å². The van der Waals surface area contributed by atoms with E-state index in [0.717, 1.165) is 20.4 Å². The first-order chi connectivity index (χ1) is 8.33. The first kappa shape index (κ1) is 10.6. The van der Waals surface area contributed by atoms with E-state index in [2.05, 4.69) is 27.6 Å². The van der Waals surface area contributed by atoms with Crippen molar-refractivity contribution in [2.24, 2.45) is 0 Å². The van der Waals surface area contributed by atoms with Crippen molar-refractivity contribution in [3.05, 3.63) is 52.1 Å². The summed E-state index contributed by atoms with van der Waals surface area (Å²) in [7, 11) is 0. The number of aromatic nitrogens is 1. The predicted molar refractivity (Wildman–Crippen MR) is 73.2 cm³/mol. The van der Waals surface area contributed by atoms with Crippen LogP contribution in [0.3, 0.4) is 0 Å². The van der Waals surface area contributed by atoms with E-state index in [-0.39, 0.29) is 6.08 Å². The Hall–Kier alpha value is -1.56. The van der Waals surface area contributed by atoms with Gasteiger partial charge in [0, 0.05) is 0 Å². The van der Waals surface area contributed by atoms with E-state index >= 15 is 0 Å². The second-order valence-electron chi connectivity index (χ2n) is 3.48. The molecule has 0 saturated heterocycles. The number of rotatable bonds is 2. The zero-order chi connectivity index (χ0) is 11.7. The summed E-state index contributed by atoms with van der Waals surface area (Å²) in [6.07, 6.45) is 0.273. The van der Waals surface area contributed by atoms with Gasteiger partial charge in [0.1, 0.15) is 11.3 Å². The molecule has 1 aromatic heterocycles. The van der Waals surface area contributed by atoms with Gasteiger partial charge in [-0.15, -0.1) is 0 Å². The molecule has 17 heavy (non-hydrogen) atoms. The maximum Gasteiger partial charge on any atom is 0.400 e. The summed E-state index contributed by atoms with van der Waals surface area (Å²) in [5.74, 6) is 0.750. The van der Waals surface area contributed by atoms with E-state index in [0.29, 0.717) is 0 Å². The zero-order valence-electron chi connectivity index (χ0n) is 8.76. The molecule has 0 fully saturated rings. The second-order valence-corrected chi connectivity index (χ2v) is 4.64. The summed E-state index contributed by atoms with van der Waals surface area (Å²) in [6, 6.07) is 15.3. The van der Waals surface area contributed by atoms with Gasteiger partial charge in [-0.2, -0.15) is 4.98 Å². The molecule has 1 heterocycles. The largest absolute Gasteiger partial charge is 0.410 e. The monoisotopic (exact) mass is 337 g/mol. The molecule has 4 heteroatoms. The van der Waals surface area contributed by atoms with Crippen LogP contribution in [0.1, 0.15) is 0 Å². The number of ether oxygens (including phenoxy) is 1. The molecule has 0 aliphatic heterocycles. The summed E-state index contributed by atoms with van der Waals surface area (Å²) < 4.78 is 12.1. The smallest absolute Gasteiger partial charge is 0.400 e. The van der Waals surface area contributed by atoms with Crippen LogP contribution in [0, 0.1) is 3.57 Å². The molecule has 2 aromatic carbocycles. The minimum absolute atomic E-state index is 0.273. The Morgan fingerprint density at radius 3 is 2.59 bits per heavy atom. The zero-order valence-corrected chi connectivity index (χ0v) is 10.9. The van der Waals surface area contributed by atoms with E-state index < -0.39 is 0 Å². The van der Waals surface area contributed by atoms with Crippen LogP contribution in [-0.2, 0) is 0 Å². The van der Waals surface area contributed by atoms with Gasteiger partial charge in [0.2, 0.25) is 0 Å². The van der Waals surface area contributed by atoms with Crippen LogP contribution in [-0.4, -0.2) is 4.98 Å². The Morgan fingerprint density at radius 1 is 1.00 bits per heavy atom. The minimum Gasteiger partial charge on any atom is -0.410 e. The lowest BCUT2D eigenvalue weighted by Gasteiger charge is -2.01. The van der Waals surface area contributed by atoms with Gasteiger partial charge in [-0.3, -0.25) is 0 Å². The van der Waals surface area contributed by atoms with Gasteiger partial charge in [0.05, 0.1) is 3.57 Å². The van der Waals surface area contributed by atoms with E-state index in [4.69, 9.17) is 9.15 Å². The maximum absolute atomic E-state index is 5.61. The highest BCUT2D eigenvalue weighted by atomic mass is 127. The molecular weight excluding hydrogens is 329 g/mol. The van der Waals surface area contributed by atoms with Crippen LogP contribution in [0.4, 0.5) is 0 Å². The molecule has 0 radical (unpaired) electrons. The molecule has 0 saturated carbocycles. The SMILES string of the molecule is Ic1ccccc1Oc1nc2ccccc2o1. The third-order valence-electron chi connectivity index (χ3n) is 2.31. The molecule has 0 bridgehead atoms. The van der Waals surface area contributed by atoms with Crippen molar-refractivity contribution in [3.8, 4) is 11.8 Å². The highest BCUT2D eigenvalue weighted by Gasteiger charge is 2.08. The highest BCUT2D eigenvalue weighted by molar-refractivity contribution is 14.1. The number of hydrogen-bond acceptors (Lipinski definition) is 3. The van der Waals surface area contributed by atoms with Crippen LogP contribution in [0.5, 0.6) is 11.8 Å². The molecule has 0 N–H and O–H groups in total. The number of nitrogens with zero attached hydrogens (tertiary/aromatic N) is 1. The van der Waals surface area contributed by atoms with Gasteiger partial charge in [0.25, 0.3) is 0 Å². The predicted octanol–water partition coefficient (Wildman–Crippen LogP) is 4.22. The first-order valence-corrected chi connectivity index (χ1v) is 6.19. The highest BCUT2D eigenvalue weighted by Crippen LogP contribution is 2.28. The fourth-order valence-electron chi connectivity index (χ4n) is 1.52.